The van der Waals surface area contributed by atoms with Crippen LogP contribution in [0.3, 0.4) is 0 Å². The first kappa shape index (κ1) is 16.9. The Balaban J connectivity index is 2.01. The number of amides is 1. The lowest BCUT2D eigenvalue weighted by molar-refractivity contribution is -0.384. The first-order valence-electron chi connectivity index (χ1n) is 6.88. The number of nitro groups is 1. The number of carbonyl (C=O) groups is 1. The van der Waals surface area contributed by atoms with Crippen molar-refractivity contribution in [2.45, 2.75) is 0 Å². The van der Waals surface area contributed by atoms with Crippen molar-refractivity contribution in [2.75, 3.05) is 5.32 Å². The number of hydrogen-bond acceptors (Lipinski definition) is 5. The Labute approximate surface area is 150 Å². The van der Waals surface area contributed by atoms with Crippen molar-refractivity contribution < 1.29 is 14.1 Å². The summed E-state index contributed by atoms with van der Waals surface area (Å²) in [5.74, 6) is -0.633. The molecule has 1 amide bonds. The molecule has 0 aliphatic carbocycles. The van der Waals surface area contributed by atoms with Gasteiger partial charge in [0, 0.05) is 22.5 Å². The lowest BCUT2D eigenvalue weighted by atomic mass is 10.1. The summed E-state index contributed by atoms with van der Waals surface area (Å²) in [6, 6.07) is 9.81. The number of carbonyl (C=O) groups excluding carboxylic acids is 1. The molecule has 0 saturated heterocycles. The van der Waals surface area contributed by atoms with Gasteiger partial charge in [-0.2, -0.15) is 0 Å². The SMILES string of the molecule is N=c1oc2ccc([N+](=O)[O-])cc2cc1C(=O)Nc1ccc(Cl)cc1Cl. The minimum absolute atomic E-state index is 0.0842. The van der Waals surface area contributed by atoms with E-state index in [1.54, 1.807) is 6.07 Å². The van der Waals surface area contributed by atoms with Gasteiger partial charge >= 0.3 is 0 Å². The van der Waals surface area contributed by atoms with Crippen molar-refractivity contribution in [3.8, 4) is 0 Å². The lowest BCUT2D eigenvalue weighted by Crippen LogP contribution is -2.21. The second-order valence-electron chi connectivity index (χ2n) is 5.05. The largest absolute Gasteiger partial charge is 0.438 e. The van der Waals surface area contributed by atoms with Crippen LogP contribution in [0.25, 0.3) is 11.0 Å². The van der Waals surface area contributed by atoms with Gasteiger partial charge in [-0.3, -0.25) is 20.3 Å². The maximum Gasteiger partial charge on any atom is 0.270 e. The summed E-state index contributed by atoms with van der Waals surface area (Å²) in [5, 5.41) is 22.3. The highest BCUT2D eigenvalue weighted by Crippen LogP contribution is 2.26. The van der Waals surface area contributed by atoms with Gasteiger partial charge in [-0.15, -0.1) is 0 Å². The quantitative estimate of drug-likeness (QED) is 0.521. The molecule has 1 heterocycles. The van der Waals surface area contributed by atoms with Crippen LogP contribution in [-0.4, -0.2) is 10.8 Å². The number of fused-ring (bicyclic) bond motifs is 1. The van der Waals surface area contributed by atoms with Crippen LogP contribution < -0.4 is 10.9 Å². The second-order valence-corrected chi connectivity index (χ2v) is 5.89. The summed E-state index contributed by atoms with van der Waals surface area (Å²) in [6.07, 6.45) is 0. The number of non-ortho nitro benzene ring substituents is 1. The van der Waals surface area contributed by atoms with Crippen LogP contribution in [0.15, 0.2) is 46.9 Å². The van der Waals surface area contributed by atoms with Crippen LogP contribution in [0, 0.1) is 15.5 Å². The van der Waals surface area contributed by atoms with E-state index in [0.29, 0.717) is 16.1 Å². The predicted octanol–water partition coefficient (Wildman–Crippen LogP) is 4.38. The van der Waals surface area contributed by atoms with Crippen molar-refractivity contribution in [3.63, 3.8) is 0 Å². The Kier molecular flexibility index (Phi) is 4.43. The molecule has 3 aromatic rings. The maximum absolute atomic E-state index is 12.4. The molecule has 0 spiro atoms. The van der Waals surface area contributed by atoms with Crippen molar-refractivity contribution in [1.82, 2.24) is 0 Å². The molecule has 126 valence electrons. The molecule has 9 heteroatoms. The zero-order chi connectivity index (χ0) is 18.1. The molecule has 1 aromatic heterocycles. The molecule has 0 atom stereocenters. The molecule has 3 rings (SSSR count). The fourth-order valence-corrected chi connectivity index (χ4v) is 2.65. The molecule has 0 radical (unpaired) electrons. The van der Waals surface area contributed by atoms with E-state index >= 15 is 0 Å². The van der Waals surface area contributed by atoms with Crippen LogP contribution in [0.5, 0.6) is 0 Å². The Bertz CT molecular complexity index is 1080. The van der Waals surface area contributed by atoms with E-state index in [2.05, 4.69) is 5.32 Å². The molecule has 2 aromatic carbocycles. The number of nitro benzene ring substituents is 1. The van der Waals surface area contributed by atoms with Crippen molar-refractivity contribution in [3.05, 3.63) is 73.7 Å². The van der Waals surface area contributed by atoms with E-state index in [1.165, 1.54) is 36.4 Å². The van der Waals surface area contributed by atoms with Gasteiger partial charge in [-0.25, -0.2) is 0 Å². The first-order chi connectivity index (χ1) is 11.8. The highest BCUT2D eigenvalue weighted by molar-refractivity contribution is 6.36. The topological polar surface area (TPSA) is 109 Å². The number of benzene rings is 2. The van der Waals surface area contributed by atoms with Gasteiger partial charge in [0.1, 0.15) is 11.1 Å². The summed E-state index contributed by atoms with van der Waals surface area (Å²) in [6.45, 7) is 0. The number of halogens is 2. The smallest absolute Gasteiger partial charge is 0.270 e. The third-order valence-electron chi connectivity index (χ3n) is 3.38. The average Bonchev–Trinajstić information content (AvgIpc) is 2.56. The van der Waals surface area contributed by atoms with Gasteiger partial charge < -0.3 is 9.73 Å². The highest BCUT2D eigenvalue weighted by atomic mass is 35.5. The zero-order valence-corrected chi connectivity index (χ0v) is 13.9. The first-order valence-corrected chi connectivity index (χ1v) is 7.64. The van der Waals surface area contributed by atoms with Crippen LogP contribution in [-0.2, 0) is 0 Å². The third-order valence-corrected chi connectivity index (χ3v) is 3.93. The third kappa shape index (κ3) is 3.47. The summed E-state index contributed by atoms with van der Waals surface area (Å²) >= 11 is 11.8. The molecule has 0 bridgehead atoms. The normalized spacial score (nSPS) is 10.6. The number of nitrogens with zero attached hydrogens (tertiary/aromatic N) is 1. The molecule has 0 fully saturated rings. The number of nitrogens with one attached hydrogen (secondary N) is 2. The van der Waals surface area contributed by atoms with Crippen molar-refractivity contribution in [2.24, 2.45) is 0 Å². The minimum atomic E-state index is -0.633. The summed E-state index contributed by atoms with van der Waals surface area (Å²) in [4.78, 5) is 22.7. The van der Waals surface area contributed by atoms with E-state index in [4.69, 9.17) is 33.0 Å². The van der Waals surface area contributed by atoms with E-state index in [1.807, 2.05) is 0 Å². The van der Waals surface area contributed by atoms with Crippen molar-refractivity contribution >= 4 is 51.5 Å². The van der Waals surface area contributed by atoms with Crippen molar-refractivity contribution in [1.29, 1.82) is 5.41 Å². The van der Waals surface area contributed by atoms with E-state index in [9.17, 15) is 14.9 Å². The molecule has 25 heavy (non-hydrogen) atoms. The van der Waals surface area contributed by atoms with E-state index < -0.39 is 10.8 Å². The molecular weight excluding hydrogens is 369 g/mol. The monoisotopic (exact) mass is 377 g/mol. The zero-order valence-electron chi connectivity index (χ0n) is 12.4. The fourth-order valence-electron chi connectivity index (χ4n) is 2.19. The molecule has 2 N–H and O–H groups in total. The van der Waals surface area contributed by atoms with Gasteiger partial charge in [0.15, 0.2) is 0 Å². The van der Waals surface area contributed by atoms with Crippen LogP contribution in [0.4, 0.5) is 11.4 Å². The van der Waals surface area contributed by atoms with Gasteiger partial charge in [0.05, 0.1) is 15.6 Å². The summed E-state index contributed by atoms with van der Waals surface area (Å²) < 4.78 is 5.26. The molecular formula is C16H9Cl2N3O4. The Morgan fingerprint density at radius 2 is 1.92 bits per heavy atom. The summed E-state index contributed by atoms with van der Waals surface area (Å²) in [7, 11) is 0. The number of hydrogen-bond donors (Lipinski definition) is 2. The number of anilines is 1. The van der Waals surface area contributed by atoms with Crippen LogP contribution in [0.2, 0.25) is 10.0 Å². The van der Waals surface area contributed by atoms with Gasteiger partial charge in [0.2, 0.25) is 5.55 Å². The Hall–Kier alpha value is -2.90. The molecule has 0 aliphatic heterocycles. The minimum Gasteiger partial charge on any atom is -0.438 e. The molecule has 0 saturated carbocycles. The van der Waals surface area contributed by atoms with Crippen LogP contribution >= 0.6 is 23.2 Å². The fraction of sp³-hybridized carbons (Fsp3) is 0. The van der Waals surface area contributed by atoms with Crippen LogP contribution in [0.1, 0.15) is 10.4 Å². The van der Waals surface area contributed by atoms with Gasteiger partial charge in [-0.1, -0.05) is 23.2 Å². The maximum atomic E-state index is 12.4. The van der Waals surface area contributed by atoms with E-state index in [0.717, 1.165) is 0 Å². The molecule has 7 nitrogen and oxygen atoms in total. The molecule has 0 aliphatic rings. The van der Waals surface area contributed by atoms with Gasteiger partial charge in [0.25, 0.3) is 11.6 Å². The van der Waals surface area contributed by atoms with E-state index in [-0.39, 0.29) is 27.4 Å². The molecule has 0 unspecified atom stereocenters. The average molecular weight is 378 g/mol. The Morgan fingerprint density at radius 3 is 2.60 bits per heavy atom. The Morgan fingerprint density at radius 1 is 1.16 bits per heavy atom. The second kappa shape index (κ2) is 6.54. The lowest BCUT2D eigenvalue weighted by Gasteiger charge is -2.08. The highest BCUT2D eigenvalue weighted by Gasteiger charge is 2.15. The predicted molar refractivity (Wildman–Crippen MR) is 93.1 cm³/mol. The number of rotatable bonds is 3. The van der Waals surface area contributed by atoms with Gasteiger partial charge in [-0.05, 0) is 30.3 Å². The summed E-state index contributed by atoms with van der Waals surface area (Å²) in [5.41, 5.74) is -0.0261. The standard InChI is InChI=1S/C16H9Cl2N3O4/c17-9-1-3-13(12(18)7-9)20-16(22)11-6-8-5-10(21(23)24)2-4-14(8)25-15(11)19/h1-7,19H,(H,20,22).